The highest BCUT2D eigenvalue weighted by atomic mass is 79.9. The van der Waals surface area contributed by atoms with E-state index >= 15 is 0 Å². The second-order valence-electron chi connectivity index (χ2n) is 3.72. The van der Waals surface area contributed by atoms with E-state index in [1.165, 1.54) is 26.4 Å². The first-order chi connectivity index (χ1) is 8.78. The van der Waals surface area contributed by atoms with Gasteiger partial charge in [-0.05, 0) is 12.1 Å². The Hall–Kier alpha value is -1.24. The van der Waals surface area contributed by atoms with Gasteiger partial charge in [0.25, 0.3) is 0 Å². The lowest BCUT2D eigenvalue weighted by atomic mass is 10.0. The van der Waals surface area contributed by atoms with E-state index in [0.717, 1.165) is 0 Å². The molecule has 0 spiro atoms. The number of hydrogen-bond acceptors (Lipinski definition) is 3. The Labute approximate surface area is 116 Å². The van der Waals surface area contributed by atoms with Crippen molar-refractivity contribution in [3.63, 3.8) is 0 Å². The van der Waals surface area contributed by atoms with Crippen LogP contribution in [-0.4, -0.2) is 26.2 Å². The fourth-order valence-corrected chi connectivity index (χ4v) is 1.95. The molecular formula is C12H12BrF3O3. The van der Waals surface area contributed by atoms with E-state index in [1.807, 2.05) is 0 Å². The van der Waals surface area contributed by atoms with E-state index in [2.05, 4.69) is 15.9 Å². The maximum Gasteiger partial charge on any atom is 0.389 e. The molecule has 0 radical (unpaired) electrons. The molecule has 1 aromatic carbocycles. The zero-order valence-electron chi connectivity index (χ0n) is 10.3. The largest absolute Gasteiger partial charge is 0.496 e. The average molecular weight is 341 g/mol. The summed E-state index contributed by atoms with van der Waals surface area (Å²) in [5.74, 6) is -0.310. The number of carbonyl (C=O) groups excluding carboxylic acids is 1. The number of benzene rings is 1. The Morgan fingerprint density at radius 3 is 2.05 bits per heavy atom. The lowest BCUT2D eigenvalue weighted by molar-refractivity contribution is -0.133. The van der Waals surface area contributed by atoms with Gasteiger partial charge in [-0.3, -0.25) is 4.79 Å². The smallest absolute Gasteiger partial charge is 0.389 e. The number of ketones is 1. The van der Waals surface area contributed by atoms with Crippen LogP contribution in [0.4, 0.5) is 13.2 Å². The van der Waals surface area contributed by atoms with Gasteiger partial charge in [-0.25, -0.2) is 0 Å². The van der Waals surface area contributed by atoms with Crippen molar-refractivity contribution >= 4 is 21.7 Å². The Balaban J connectivity index is 3.07. The van der Waals surface area contributed by atoms with Crippen LogP contribution >= 0.6 is 15.9 Å². The number of alkyl halides is 3. The highest BCUT2D eigenvalue weighted by molar-refractivity contribution is 9.10. The zero-order valence-corrected chi connectivity index (χ0v) is 11.9. The summed E-state index contributed by atoms with van der Waals surface area (Å²) in [5, 5.41) is 0. The number of methoxy groups -OCH3 is 2. The van der Waals surface area contributed by atoms with Gasteiger partial charge in [-0.2, -0.15) is 13.2 Å². The van der Waals surface area contributed by atoms with Crippen molar-refractivity contribution in [1.29, 1.82) is 0 Å². The molecule has 7 heteroatoms. The highest BCUT2D eigenvalue weighted by Crippen LogP contribution is 2.35. The molecule has 0 amide bonds. The fourth-order valence-electron chi connectivity index (χ4n) is 1.53. The van der Waals surface area contributed by atoms with Gasteiger partial charge in [0.15, 0.2) is 5.78 Å². The average Bonchev–Trinajstić information content (AvgIpc) is 2.33. The van der Waals surface area contributed by atoms with Gasteiger partial charge in [0, 0.05) is 10.9 Å². The van der Waals surface area contributed by atoms with E-state index in [0.29, 0.717) is 4.47 Å². The Morgan fingerprint density at radius 1 is 1.21 bits per heavy atom. The van der Waals surface area contributed by atoms with E-state index < -0.39 is 24.8 Å². The van der Waals surface area contributed by atoms with Crippen molar-refractivity contribution < 1.29 is 27.4 Å². The van der Waals surface area contributed by atoms with Gasteiger partial charge in [-0.1, -0.05) is 15.9 Å². The summed E-state index contributed by atoms with van der Waals surface area (Å²) in [7, 11) is 2.67. The molecule has 0 heterocycles. The molecule has 0 saturated carbocycles. The molecule has 0 aromatic heterocycles. The van der Waals surface area contributed by atoms with Crippen molar-refractivity contribution in [3.05, 3.63) is 22.2 Å². The highest BCUT2D eigenvalue weighted by Gasteiger charge is 2.29. The van der Waals surface area contributed by atoms with Crippen molar-refractivity contribution in [1.82, 2.24) is 0 Å². The van der Waals surface area contributed by atoms with Crippen LogP contribution in [0, 0.1) is 0 Å². The minimum Gasteiger partial charge on any atom is -0.496 e. The molecular weight excluding hydrogens is 329 g/mol. The van der Waals surface area contributed by atoms with Gasteiger partial charge < -0.3 is 9.47 Å². The van der Waals surface area contributed by atoms with Gasteiger partial charge in [0.2, 0.25) is 0 Å². The predicted molar refractivity (Wildman–Crippen MR) is 66.9 cm³/mol. The Kier molecular flexibility index (Phi) is 5.22. The number of ether oxygens (including phenoxy) is 2. The molecule has 1 aromatic rings. The number of halogens is 4. The molecule has 19 heavy (non-hydrogen) atoms. The quantitative estimate of drug-likeness (QED) is 0.760. The SMILES string of the molecule is COc1cc(Br)cc(OC)c1C(=O)CCC(F)(F)F. The molecule has 1 rings (SSSR count). The first-order valence-electron chi connectivity index (χ1n) is 5.30. The lowest BCUT2D eigenvalue weighted by Gasteiger charge is -2.13. The minimum absolute atomic E-state index is 0.0254. The molecule has 0 bridgehead atoms. The van der Waals surface area contributed by atoms with Crippen LogP contribution in [0.1, 0.15) is 23.2 Å². The third-order valence-electron chi connectivity index (χ3n) is 2.38. The van der Waals surface area contributed by atoms with Crippen LogP contribution in [0.3, 0.4) is 0 Å². The van der Waals surface area contributed by atoms with Crippen molar-refractivity contribution in [2.24, 2.45) is 0 Å². The molecule has 0 saturated heterocycles. The van der Waals surface area contributed by atoms with Gasteiger partial charge in [0.05, 0.1) is 20.6 Å². The zero-order chi connectivity index (χ0) is 14.6. The summed E-state index contributed by atoms with van der Waals surface area (Å²) >= 11 is 3.20. The summed E-state index contributed by atoms with van der Waals surface area (Å²) in [5.41, 5.74) is 0.0254. The van der Waals surface area contributed by atoms with Crippen LogP contribution in [0.15, 0.2) is 16.6 Å². The molecule has 0 unspecified atom stereocenters. The van der Waals surface area contributed by atoms with E-state index in [1.54, 1.807) is 0 Å². The molecule has 0 atom stereocenters. The predicted octanol–water partition coefficient (Wildman–Crippen LogP) is 3.99. The number of hydrogen-bond donors (Lipinski definition) is 0. The van der Waals surface area contributed by atoms with Gasteiger partial charge >= 0.3 is 6.18 Å². The second kappa shape index (κ2) is 6.27. The molecule has 0 aliphatic rings. The molecule has 0 fully saturated rings. The van der Waals surface area contributed by atoms with Crippen molar-refractivity contribution in [2.45, 2.75) is 19.0 Å². The van der Waals surface area contributed by atoms with E-state index in [9.17, 15) is 18.0 Å². The second-order valence-corrected chi connectivity index (χ2v) is 4.64. The first-order valence-corrected chi connectivity index (χ1v) is 6.09. The van der Waals surface area contributed by atoms with Crippen LogP contribution in [0.2, 0.25) is 0 Å². The van der Waals surface area contributed by atoms with Crippen molar-refractivity contribution in [2.75, 3.05) is 14.2 Å². The molecule has 3 nitrogen and oxygen atoms in total. The Morgan fingerprint density at radius 2 is 1.68 bits per heavy atom. The molecule has 0 aliphatic heterocycles. The van der Waals surface area contributed by atoms with Gasteiger partial charge in [-0.15, -0.1) is 0 Å². The molecule has 0 aliphatic carbocycles. The lowest BCUT2D eigenvalue weighted by Crippen LogP contribution is -2.12. The number of carbonyl (C=O) groups is 1. The van der Waals surface area contributed by atoms with Crippen LogP contribution in [0.5, 0.6) is 11.5 Å². The fraction of sp³-hybridized carbons (Fsp3) is 0.417. The van der Waals surface area contributed by atoms with Crippen LogP contribution < -0.4 is 9.47 Å². The monoisotopic (exact) mass is 340 g/mol. The minimum atomic E-state index is -4.37. The van der Waals surface area contributed by atoms with Crippen molar-refractivity contribution in [3.8, 4) is 11.5 Å². The van der Waals surface area contributed by atoms with Crippen LogP contribution in [0.25, 0.3) is 0 Å². The van der Waals surface area contributed by atoms with E-state index in [4.69, 9.17) is 9.47 Å². The molecule has 0 N–H and O–H groups in total. The van der Waals surface area contributed by atoms with Gasteiger partial charge in [0.1, 0.15) is 17.1 Å². The topological polar surface area (TPSA) is 35.5 Å². The third-order valence-corrected chi connectivity index (χ3v) is 2.84. The first kappa shape index (κ1) is 15.8. The summed E-state index contributed by atoms with van der Waals surface area (Å²) < 4.78 is 47.0. The van der Waals surface area contributed by atoms with Crippen LogP contribution in [-0.2, 0) is 0 Å². The number of rotatable bonds is 5. The number of Topliss-reactive ketones (excluding diaryl/α,β-unsaturated/α-hetero) is 1. The maximum absolute atomic E-state index is 12.1. The third kappa shape index (κ3) is 4.41. The normalized spacial score (nSPS) is 11.3. The summed E-state index contributed by atoms with van der Waals surface area (Å²) in [6.45, 7) is 0. The maximum atomic E-state index is 12.1. The standard InChI is InChI=1S/C12H12BrF3O3/c1-18-9-5-7(13)6-10(19-2)11(9)8(17)3-4-12(14,15)16/h5-6H,3-4H2,1-2H3. The Bertz CT molecular complexity index is 447. The molecule has 106 valence electrons. The summed E-state index contributed by atoms with van der Waals surface area (Å²) in [4.78, 5) is 11.9. The van der Waals surface area contributed by atoms with E-state index in [-0.39, 0.29) is 17.1 Å². The summed E-state index contributed by atoms with van der Waals surface area (Å²) in [6, 6.07) is 3.01. The summed E-state index contributed by atoms with van der Waals surface area (Å²) in [6.07, 6.45) is -6.18.